The minimum Gasteiger partial charge on any atom is -0.423 e. The van der Waals surface area contributed by atoms with Crippen LogP contribution in [0.1, 0.15) is 5.56 Å². The van der Waals surface area contributed by atoms with Crippen LogP contribution < -0.4 is 10.8 Å². The minimum atomic E-state index is -1.67. The molecule has 0 radical (unpaired) electrons. The largest absolute Gasteiger partial charge is 0.490 e. The standard InChI is InChI=1S/C10H13BN2O4/c12-4-7-1-2-9(11(16)17)10(3-7)13-5-8(15)6-14/h1-3,8,13-17H,5-6H2. The Balaban J connectivity index is 2.90. The number of nitrogens with one attached hydrogen (secondary N) is 1. The zero-order chi connectivity index (χ0) is 12.8. The van der Waals surface area contributed by atoms with Crippen molar-refractivity contribution in [3.05, 3.63) is 23.8 Å². The predicted octanol–water partition coefficient (Wildman–Crippen LogP) is -2.00. The van der Waals surface area contributed by atoms with Gasteiger partial charge in [-0.1, -0.05) is 6.07 Å². The molecule has 1 aromatic carbocycles. The molecule has 7 heteroatoms. The SMILES string of the molecule is N#Cc1ccc(B(O)O)c(NCC(O)CO)c1. The number of hydrogen-bond acceptors (Lipinski definition) is 6. The fourth-order valence-electron chi connectivity index (χ4n) is 1.30. The molecule has 0 aliphatic heterocycles. The number of aliphatic hydroxyl groups excluding tert-OH is 2. The molecule has 1 atom stereocenters. The molecule has 5 N–H and O–H groups in total. The lowest BCUT2D eigenvalue weighted by Gasteiger charge is -2.14. The Morgan fingerprint density at radius 2 is 2.12 bits per heavy atom. The van der Waals surface area contributed by atoms with Gasteiger partial charge in [-0.3, -0.25) is 0 Å². The van der Waals surface area contributed by atoms with Crippen molar-refractivity contribution >= 4 is 18.3 Å². The smallest absolute Gasteiger partial charge is 0.423 e. The summed E-state index contributed by atoms with van der Waals surface area (Å²) < 4.78 is 0. The van der Waals surface area contributed by atoms with Gasteiger partial charge in [-0.25, -0.2) is 0 Å². The van der Waals surface area contributed by atoms with E-state index in [1.807, 2.05) is 6.07 Å². The predicted molar refractivity (Wildman–Crippen MR) is 62.6 cm³/mol. The van der Waals surface area contributed by atoms with Gasteiger partial charge in [-0.15, -0.1) is 0 Å². The number of nitriles is 1. The second-order valence-corrected chi connectivity index (χ2v) is 3.50. The lowest BCUT2D eigenvalue weighted by Crippen LogP contribution is -2.34. The van der Waals surface area contributed by atoms with Crippen LogP contribution in [-0.4, -0.2) is 46.6 Å². The molecule has 17 heavy (non-hydrogen) atoms. The second kappa shape index (κ2) is 6.22. The van der Waals surface area contributed by atoms with Gasteiger partial charge in [0.25, 0.3) is 0 Å². The third-order valence-electron chi connectivity index (χ3n) is 2.20. The molecule has 6 nitrogen and oxygen atoms in total. The molecule has 90 valence electrons. The van der Waals surface area contributed by atoms with Crippen molar-refractivity contribution in [2.45, 2.75) is 6.10 Å². The maximum absolute atomic E-state index is 9.17. The van der Waals surface area contributed by atoms with E-state index in [4.69, 9.17) is 20.4 Å². The zero-order valence-electron chi connectivity index (χ0n) is 9.04. The fourth-order valence-corrected chi connectivity index (χ4v) is 1.30. The van der Waals surface area contributed by atoms with E-state index in [1.165, 1.54) is 18.2 Å². The van der Waals surface area contributed by atoms with Crippen molar-refractivity contribution in [3.63, 3.8) is 0 Å². The summed E-state index contributed by atoms with van der Waals surface area (Å²) in [7, 11) is -1.67. The number of nitrogens with zero attached hydrogens (tertiary/aromatic N) is 1. The van der Waals surface area contributed by atoms with Crippen molar-refractivity contribution in [2.24, 2.45) is 0 Å². The van der Waals surface area contributed by atoms with Crippen molar-refractivity contribution in [1.29, 1.82) is 5.26 Å². The van der Waals surface area contributed by atoms with E-state index in [1.54, 1.807) is 0 Å². The Hall–Kier alpha value is -1.59. The quantitative estimate of drug-likeness (QED) is 0.377. The van der Waals surface area contributed by atoms with Crippen LogP contribution in [0.5, 0.6) is 0 Å². The van der Waals surface area contributed by atoms with Gasteiger partial charge in [0.2, 0.25) is 0 Å². The summed E-state index contributed by atoms with van der Waals surface area (Å²) in [5.74, 6) is 0. The first-order chi connectivity index (χ1) is 8.08. The Kier molecular flexibility index (Phi) is 4.94. The lowest BCUT2D eigenvalue weighted by atomic mass is 9.78. The summed E-state index contributed by atoms with van der Waals surface area (Å²) in [6.45, 7) is -0.354. The van der Waals surface area contributed by atoms with Gasteiger partial charge in [-0.05, 0) is 12.1 Å². The van der Waals surface area contributed by atoms with Gasteiger partial charge in [0.15, 0.2) is 0 Å². The summed E-state index contributed by atoms with van der Waals surface area (Å²) in [5, 5.41) is 47.5. The van der Waals surface area contributed by atoms with Gasteiger partial charge < -0.3 is 25.6 Å². The van der Waals surface area contributed by atoms with E-state index < -0.39 is 19.8 Å². The Morgan fingerprint density at radius 3 is 2.65 bits per heavy atom. The summed E-state index contributed by atoms with van der Waals surface area (Å²) in [6.07, 6.45) is -0.954. The molecule has 0 aliphatic rings. The Bertz CT molecular complexity index is 419. The van der Waals surface area contributed by atoms with Gasteiger partial charge in [0.1, 0.15) is 0 Å². The highest BCUT2D eigenvalue weighted by molar-refractivity contribution is 6.60. The van der Waals surface area contributed by atoms with Gasteiger partial charge in [0.05, 0.1) is 24.3 Å². The molecule has 0 aromatic heterocycles. The fraction of sp³-hybridized carbons (Fsp3) is 0.300. The van der Waals surface area contributed by atoms with Crippen LogP contribution in [0.3, 0.4) is 0 Å². The van der Waals surface area contributed by atoms with Crippen LogP contribution in [0, 0.1) is 11.3 Å². The van der Waals surface area contributed by atoms with Crippen molar-refractivity contribution in [2.75, 3.05) is 18.5 Å². The number of aliphatic hydroxyl groups is 2. The molecular weight excluding hydrogens is 223 g/mol. The van der Waals surface area contributed by atoms with Crippen molar-refractivity contribution < 1.29 is 20.3 Å². The van der Waals surface area contributed by atoms with E-state index in [0.717, 1.165) is 0 Å². The molecule has 0 saturated heterocycles. The van der Waals surface area contributed by atoms with Gasteiger partial charge >= 0.3 is 7.12 Å². The maximum Gasteiger partial charge on any atom is 0.490 e. The highest BCUT2D eigenvalue weighted by atomic mass is 16.4. The maximum atomic E-state index is 9.17. The van der Waals surface area contributed by atoms with E-state index in [-0.39, 0.29) is 12.0 Å². The van der Waals surface area contributed by atoms with Crippen LogP contribution in [-0.2, 0) is 0 Å². The molecule has 0 heterocycles. The van der Waals surface area contributed by atoms with Crippen LogP contribution in [0.2, 0.25) is 0 Å². The number of benzene rings is 1. The number of hydrogen-bond donors (Lipinski definition) is 5. The van der Waals surface area contributed by atoms with E-state index in [9.17, 15) is 5.11 Å². The first-order valence-electron chi connectivity index (χ1n) is 5.01. The van der Waals surface area contributed by atoms with Crippen LogP contribution in [0.15, 0.2) is 18.2 Å². The monoisotopic (exact) mass is 236 g/mol. The summed E-state index contributed by atoms with van der Waals surface area (Å²) in [4.78, 5) is 0. The van der Waals surface area contributed by atoms with Crippen molar-refractivity contribution in [3.8, 4) is 6.07 Å². The summed E-state index contributed by atoms with van der Waals surface area (Å²) in [6, 6.07) is 6.24. The van der Waals surface area contributed by atoms with E-state index in [0.29, 0.717) is 11.3 Å². The molecule has 0 amide bonds. The highest BCUT2D eigenvalue weighted by Gasteiger charge is 2.16. The molecule has 0 aliphatic carbocycles. The Labute approximate surface area is 98.9 Å². The Morgan fingerprint density at radius 1 is 1.41 bits per heavy atom. The molecule has 1 aromatic rings. The molecule has 1 unspecified atom stereocenters. The molecular formula is C10H13BN2O4. The molecule has 0 saturated carbocycles. The topological polar surface area (TPSA) is 117 Å². The first kappa shape index (κ1) is 13.5. The molecule has 0 fully saturated rings. The highest BCUT2D eigenvalue weighted by Crippen LogP contribution is 2.08. The van der Waals surface area contributed by atoms with Gasteiger partial charge in [-0.2, -0.15) is 5.26 Å². The number of anilines is 1. The normalized spacial score (nSPS) is 11.7. The first-order valence-corrected chi connectivity index (χ1v) is 5.01. The van der Waals surface area contributed by atoms with Gasteiger partial charge in [0, 0.05) is 17.7 Å². The van der Waals surface area contributed by atoms with Crippen molar-refractivity contribution in [1.82, 2.24) is 0 Å². The average molecular weight is 236 g/mol. The second-order valence-electron chi connectivity index (χ2n) is 3.50. The molecule has 0 bridgehead atoms. The summed E-state index contributed by atoms with van der Waals surface area (Å²) >= 11 is 0. The van der Waals surface area contributed by atoms with E-state index in [2.05, 4.69) is 5.32 Å². The zero-order valence-corrected chi connectivity index (χ0v) is 9.04. The lowest BCUT2D eigenvalue weighted by molar-refractivity contribution is 0.105. The minimum absolute atomic E-state index is 0.0467. The van der Waals surface area contributed by atoms with Crippen LogP contribution >= 0.6 is 0 Å². The van der Waals surface area contributed by atoms with Crippen LogP contribution in [0.4, 0.5) is 5.69 Å². The molecule has 0 spiro atoms. The summed E-state index contributed by atoms with van der Waals surface area (Å²) in [5.41, 5.74) is 0.899. The average Bonchev–Trinajstić information content (AvgIpc) is 2.35. The third kappa shape index (κ3) is 3.73. The van der Waals surface area contributed by atoms with E-state index >= 15 is 0 Å². The third-order valence-corrected chi connectivity index (χ3v) is 2.20. The number of rotatable bonds is 5. The molecule has 1 rings (SSSR count). The van der Waals surface area contributed by atoms with Crippen LogP contribution in [0.25, 0.3) is 0 Å².